The van der Waals surface area contributed by atoms with Crippen LogP contribution in [-0.2, 0) is 15.7 Å². The van der Waals surface area contributed by atoms with Gasteiger partial charge in [0.25, 0.3) is 5.91 Å². The van der Waals surface area contributed by atoms with Gasteiger partial charge in [-0.15, -0.1) is 11.3 Å². The lowest BCUT2D eigenvalue weighted by Crippen LogP contribution is -2.27. The highest BCUT2D eigenvalue weighted by Crippen LogP contribution is 2.30. The molecular weight excluding hydrogens is 449 g/mol. The number of ether oxygens (including phenoxy) is 1. The Morgan fingerprint density at radius 2 is 2.03 bits per heavy atom. The van der Waals surface area contributed by atoms with Crippen LogP contribution in [0.1, 0.15) is 27.3 Å². The van der Waals surface area contributed by atoms with E-state index in [1.54, 1.807) is 5.38 Å². The maximum Gasteiger partial charge on any atom is 0.416 e. The van der Waals surface area contributed by atoms with Gasteiger partial charge < -0.3 is 10.1 Å². The minimum atomic E-state index is -4.59. The molecule has 3 rings (SSSR count). The molecule has 0 radical (unpaired) electrons. The molecule has 0 atom stereocenters. The third-order valence-corrected chi connectivity index (χ3v) is 4.92. The monoisotopic (exact) mass is 462 g/mol. The number of nitriles is 1. The van der Waals surface area contributed by atoms with E-state index >= 15 is 0 Å². The van der Waals surface area contributed by atoms with Crippen LogP contribution in [0.15, 0.2) is 46.6 Å². The zero-order chi connectivity index (χ0) is 23.5. The Labute approximate surface area is 182 Å². The summed E-state index contributed by atoms with van der Waals surface area (Å²) >= 11 is 1.10. The van der Waals surface area contributed by atoms with Gasteiger partial charge in [-0.05, 0) is 36.6 Å². The number of alkyl halides is 3. The second-order valence-corrected chi connectivity index (χ2v) is 7.27. The molecule has 0 unspecified atom stereocenters. The van der Waals surface area contributed by atoms with Crippen molar-refractivity contribution in [2.45, 2.75) is 13.1 Å². The third kappa shape index (κ3) is 5.01. The number of nitrogens with zero attached hydrogens (tertiary/aromatic N) is 3. The van der Waals surface area contributed by atoms with Crippen LogP contribution in [0.4, 0.5) is 18.2 Å². The number of thiophene rings is 1. The van der Waals surface area contributed by atoms with E-state index in [0.717, 1.165) is 34.2 Å². The lowest BCUT2D eigenvalue weighted by molar-refractivity contribution is -0.137. The fourth-order valence-electron chi connectivity index (χ4n) is 2.62. The lowest BCUT2D eigenvalue weighted by Gasteiger charge is -2.13. The van der Waals surface area contributed by atoms with Gasteiger partial charge in [0, 0.05) is 11.8 Å². The first-order chi connectivity index (χ1) is 15.1. The number of hydrogen-bond acceptors (Lipinski definition) is 7. The first kappa shape index (κ1) is 22.7. The van der Waals surface area contributed by atoms with Crippen LogP contribution >= 0.6 is 11.3 Å². The molecule has 1 aromatic carbocycles. The molecule has 12 heteroatoms. The highest BCUT2D eigenvalue weighted by Gasteiger charge is 2.30. The maximum absolute atomic E-state index is 13.0. The summed E-state index contributed by atoms with van der Waals surface area (Å²) in [5, 5.41) is 17.0. The van der Waals surface area contributed by atoms with E-state index in [1.807, 2.05) is 6.07 Å². The topological polar surface area (TPSA) is 114 Å². The molecule has 3 aromatic rings. The Balaban J connectivity index is 1.80. The maximum atomic E-state index is 13.0. The summed E-state index contributed by atoms with van der Waals surface area (Å²) < 4.78 is 44.8. The van der Waals surface area contributed by atoms with Crippen molar-refractivity contribution >= 4 is 28.2 Å². The highest BCUT2D eigenvalue weighted by atomic mass is 32.1. The molecule has 0 aliphatic rings. The van der Waals surface area contributed by atoms with E-state index in [2.05, 4.69) is 10.4 Å². The van der Waals surface area contributed by atoms with E-state index in [-0.39, 0.29) is 21.9 Å². The number of halogens is 3. The van der Waals surface area contributed by atoms with Gasteiger partial charge in [0.2, 0.25) is 11.1 Å². The smallest absolute Gasteiger partial charge is 0.416 e. The van der Waals surface area contributed by atoms with E-state index in [1.165, 1.54) is 25.1 Å². The van der Waals surface area contributed by atoms with E-state index < -0.39 is 41.3 Å². The van der Waals surface area contributed by atoms with Crippen LogP contribution in [0, 0.1) is 18.3 Å². The Hall–Kier alpha value is -3.98. The number of rotatable bonds is 5. The molecule has 1 amide bonds. The van der Waals surface area contributed by atoms with Gasteiger partial charge in [-0.25, -0.2) is 9.48 Å². The lowest BCUT2D eigenvalue weighted by atomic mass is 10.2. The fourth-order valence-corrected chi connectivity index (χ4v) is 3.37. The minimum absolute atomic E-state index is 0.0224. The molecule has 2 heterocycles. The van der Waals surface area contributed by atoms with Gasteiger partial charge >= 0.3 is 12.1 Å². The van der Waals surface area contributed by atoms with Crippen molar-refractivity contribution in [2.75, 3.05) is 11.9 Å². The predicted molar refractivity (Wildman–Crippen MR) is 108 cm³/mol. The first-order valence-electron chi connectivity index (χ1n) is 8.83. The van der Waals surface area contributed by atoms with Gasteiger partial charge in [-0.3, -0.25) is 9.59 Å². The molecule has 32 heavy (non-hydrogen) atoms. The molecule has 0 aliphatic carbocycles. The number of amides is 1. The summed E-state index contributed by atoms with van der Waals surface area (Å²) in [5.41, 5.74) is -2.05. The molecule has 0 fully saturated rings. The average molecular weight is 462 g/mol. The van der Waals surface area contributed by atoms with Gasteiger partial charge in [0.05, 0.1) is 16.8 Å². The molecule has 2 aromatic heterocycles. The number of aryl methyl sites for hydroxylation is 1. The van der Waals surface area contributed by atoms with Crippen LogP contribution < -0.4 is 10.7 Å². The van der Waals surface area contributed by atoms with Gasteiger partial charge in [0.15, 0.2) is 6.61 Å². The van der Waals surface area contributed by atoms with Gasteiger partial charge in [0.1, 0.15) is 11.1 Å². The second-order valence-electron chi connectivity index (χ2n) is 6.36. The van der Waals surface area contributed by atoms with Crippen molar-refractivity contribution in [2.24, 2.45) is 0 Å². The first-order valence-corrected chi connectivity index (χ1v) is 9.71. The predicted octanol–water partition coefficient (Wildman–Crippen LogP) is 3.29. The summed E-state index contributed by atoms with van der Waals surface area (Å²) in [4.78, 5) is 36.5. The average Bonchev–Trinajstić information content (AvgIpc) is 3.18. The molecule has 0 spiro atoms. The zero-order valence-electron chi connectivity index (χ0n) is 16.3. The Bertz CT molecular complexity index is 1290. The number of aromatic nitrogens is 2. The van der Waals surface area contributed by atoms with Crippen LogP contribution in [0.3, 0.4) is 0 Å². The van der Waals surface area contributed by atoms with E-state index in [9.17, 15) is 27.6 Å². The Morgan fingerprint density at radius 3 is 2.72 bits per heavy atom. The molecule has 8 nitrogen and oxygen atoms in total. The standard InChI is InChI=1S/C20H13F3N4O4S/c1-11-7-15(28)17(26-27(11)14-4-2-3-13(8-14)20(21,22)23)19(30)31-10-16(29)25-18-12(9-24)5-6-32-18/h2-8H,10H2,1H3,(H,25,29). The summed E-state index contributed by atoms with van der Waals surface area (Å²) in [6, 6.07) is 8.60. The molecule has 0 saturated heterocycles. The molecule has 1 N–H and O–H groups in total. The van der Waals surface area contributed by atoms with Crippen molar-refractivity contribution < 1.29 is 27.5 Å². The molecule has 0 saturated carbocycles. The summed E-state index contributed by atoms with van der Waals surface area (Å²) in [6.45, 7) is 0.672. The Kier molecular flexibility index (Phi) is 6.40. The number of benzene rings is 1. The molecule has 0 bridgehead atoms. The van der Waals surface area contributed by atoms with Crippen molar-refractivity contribution in [3.8, 4) is 11.8 Å². The molecule has 0 aliphatic heterocycles. The van der Waals surface area contributed by atoms with Gasteiger partial charge in [-0.1, -0.05) is 6.07 Å². The van der Waals surface area contributed by atoms with Crippen LogP contribution in [0.2, 0.25) is 0 Å². The molecule has 164 valence electrons. The normalized spacial score (nSPS) is 11.0. The van der Waals surface area contributed by atoms with E-state index in [4.69, 9.17) is 10.00 Å². The van der Waals surface area contributed by atoms with Crippen LogP contribution in [0.5, 0.6) is 0 Å². The largest absolute Gasteiger partial charge is 0.451 e. The number of hydrogen-bond donors (Lipinski definition) is 1. The number of nitrogens with one attached hydrogen (secondary N) is 1. The molecular formula is C20H13F3N4O4S. The van der Waals surface area contributed by atoms with E-state index in [0.29, 0.717) is 0 Å². The van der Waals surface area contributed by atoms with Gasteiger partial charge in [-0.2, -0.15) is 23.5 Å². The highest BCUT2D eigenvalue weighted by molar-refractivity contribution is 7.14. The number of carbonyl (C=O) groups excluding carboxylic acids is 2. The summed E-state index contributed by atoms with van der Waals surface area (Å²) in [7, 11) is 0. The minimum Gasteiger partial charge on any atom is -0.451 e. The fraction of sp³-hybridized carbons (Fsp3) is 0.150. The third-order valence-electron chi connectivity index (χ3n) is 4.09. The number of carbonyl (C=O) groups is 2. The van der Waals surface area contributed by atoms with Crippen molar-refractivity contribution in [3.05, 3.63) is 74.5 Å². The number of esters is 1. The zero-order valence-corrected chi connectivity index (χ0v) is 17.1. The number of anilines is 1. The summed E-state index contributed by atoms with van der Waals surface area (Å²) in [6.07, 6.45) is -4.59. The van der Waals surface area contributed by atoms with Crippen LogP contribution in [-0.4, -0.2) is 28.3 Å². The SMILES string of the molecule is Cc1cc(=O)c(C(=O)OCC(=O)Nc2sccc2C#N)nn1-c1cccc(C(F)(F)F)c1. The second kappa shape index (κ2) is 9.03. The quantitative estimate of drug-likeness (QED) is 0.582. The van der Waals surface area contributed by atoms with Crippen molar-refractivity contribution in [1.82, 2.24) is 9.78 Å². The Morgan fingerprint density at radius 1 is 1.28 bits per heavy atom. The summed E-state index contributed by atoms with van der Waals surface area (Å²) in [5.74, 6) is -1.97. The van der Waals surface area contributed by atoms with Crippen molar-refractivity contribution in [3.63, 3.8) is 0 Å². The van der Waals surface area contributed by atoms with Crippen LogP contribution in [0.25, 0.3) is 5.69 Å². The van der Waals surface area contributed by atoms with Crippen molar-refractivity contribution in [1.29, 1.82) is 5.26 Å².